The number of rotatable bonds is 5. The molecule has 0 atom stereocenters. The fourth-order valence-electron chi connectivity index (χ4n) is 2.70. The summed E-state index contributed by atoms with van der Waals surface area (Å²) in [5.41, 5.74) is 6.43. The van der Waals surface area contributed by atoms with Gasteiger partial charge in [0, 0.05) is 25.6 Å². The molecule has 1 heterocycles. The summed E-state index contributed by atoms with van der Waals surface area (Å²) in [5, 5.41) is 0. The largest absolute Gasteiger partial charge is 0.491 e. The first kappa shape index (κ1) is 23.9. The van der Waals surface area contributed by atoms with E-state index in [9.17, 15) is 32.3 Å². The second-order valence-electron chi connectivity index (χ2n) is 6.61. The summed E-state index contributed by atoms with van der Waals surface area (Å²) in [5.74, 6) is 0.654. The van der Waals surface area contributed by atoms with Gasteiger partial charge in [-0.15, -0.1) is 0 Å². The van der Waals surface area contributed by atoms with Crippen LogP contribution in [0.5, 0.6) is 0 Å². The molecule has 1 aliphatic rings. The Labute approximate surface area is 176 Å². The van der Waals surface area contributed by atoms with Gasteiger partial charge in [-0.1, -0.05) is 11.8 Å². The van der Waals surface area contributed by atoms with E-state index in [0.717, 1.165) is 11.3 Å². The van der Waals surface area contributed by atoms with Gasteiger partial charge in [-0.05, 0) is 31.2 Å². The van der Waals surface area contributed by atoms with E-state index in [-0.39, 0.29) is 5.56 Å². The molecule has 0 bridgehead atoms. The van der Waals surface area contributed by atoms with E-state index in [1.54, 1.807) is 12.1 Å². The average Bonchev–Trinajstić information content (AvgIpc) is 2.79. The summed E-state index contributed by atoms with van der Waals surface area (Å²) in [6, 6.07) is 4.72. The third kappa shape index (κ3) is 6.29. The fraction of sp³-hybridized carbons (Fsp3) is 0.400. The average molecular weight is 439 g/mol. The molecule has 1 aromatic rings. The van der Waals surface area contributed by atoms with Crippen LogP contribution in [-0.2, 0) is 19.1 Å². The van der Waals surface area contributed by atoms with Gasteiger partial charge in [0.15, 0.2) is 0 Å². The van der Waals surface area contributed by atoms with Crippen molar-refractivity contribution in [2.75, 3.05) is 31.6 Å². The molecule has 0 fully saturated rings. The molecule has 0 radical (unpaired) electrons. The summed E-state index contributed by atoms with van der Waals surface area (Å²) in [6.07, 6.45) is -4.72. The first-order valence-corrected chi connectivity index (χ1v) is 9.25. The van der Waals surface area contributed by atoms with Gasteiger partial charge >= 0.3 is 18.1 Å². The summed E-state index contributed by atoms with van der Waals surface area (Å²) in [4.78, 5) is 49.9. The normalized spacial score (nSPS) is 13.8. The lowest BCUT2D eigenvalue weighted by molar-refractivity contribution is -0.201. The number of ether oxygens (including phenoxy) is 1. The van der Waals surface area contributed by atoms with Crippen LogP contribution in [0.25, 0.3) is 0 Å². The summed E-state index contributed by atoms with van der Waals surface area (Å²) >= 11 is 0. The molecule has 0 aliphatic carbocycles. The summed E-state index contributed by atoms with van der Waals surface area (Å²) < 4.78 is 40.3. The number of unbranched alkanes of at least 4 members (excludes halogenated alkanes) is 1. The lowest BCUT2D eigenvalue weighted by Gasteiger charge is -2.19. The van der Waals surface area contributed by atoms with Gasteiger partial charge in [0.1, 0.15) is 6.54 Å². The number of carbonyl (C=O) groups is 4. The fourth-order valence-corrected chi connectivity index (χ4v) is 2.70. The zero-order valence-electron chi connectivity index (χ0n) is 16.6. The molecular weight excluding hydrogens is 419 g/mol. The molecule has 2 rings (SSSR count). The van der Waals surface area contributed by atoms with Gasteiger partial charge in [0.25, 0.3) is 5.91 Å². The molecule has 0 spiro atoms. The van der Waals surface area contributed by atoms with E-state index in [2.05, 4.69) is 16.6 Å². The second-order valence-corrected chi connectivity index (χ2v) is 6.61. The highest BCUT2D eigenvalue weighted by atomic mass is 19.4. The quantitative estimate of drug-likeness (QED) is 0.320. The van der Waals surface area contributed by atoms with Crippen molar-refractivity contribution in [3.63, 3.8) is 0 Å². The maximum absolute atomic E-state index is 12.9. The first-order chi connectivity index (χ1) is 14.5. The van der Waals surface area contributed by atoms with E-state index in [4.69, 9.17) is 5.73 Å². The minimum Gasteiger partial charge on any atom is -0.386 e. The Morgan fingerprint density at radius 1 is 1.26 bits per heavy atom. The molecule has 166 valence electrons. The van der Waals surface area contributed by atoms with Crippen molar-refractivity contribution in [2.24, 2.45) is 5.73 Å². The molecule has 0 unspecified atom stereocenters. The molecular formula is C20H20F3N3O5. The molecule has 8 nitrogen and oxygen atoms in total. The third-order valence-corrected chi connectivity index (χ3v) is 4.34. The van der Waals surface area contributed by atoms with Gasteiger partial charge in [-0.2, -0.15) is 13.2 Å². The zero-order valence-corrected chi connectivity index (χ0v) is 16.6. The predicted octanol–water partition coefficient (Wildman–Crippen LogP) is 1.22. The Morgan fingerprint density at radius 2 is 1.97 bits per heavy atom. The van der Waals surface area contributed by atoms with Crippen LogP contribution in [0.15, 0.2) is 18.2 Å². The highest BCUT2D eigenvalue weighted by Crippen LogP contribution is 2.26. The van der Waals surface area contributed by atoms with E-state index >= 15 is 0 Å². The standard InChI is InChI=1S/C20H20F3N3O5/c1-25-15-7-6-13(5-3-2-4-9-24)11-14(15)18(29)26(12-16(25)27)10-8-17(28)31-19(30)20(21,22)23/h6-7,11H,2,4,8-10,12,24H2,1H3. The van der Waals surface area contributed by atoms with Crippen molar-refractivity contribution in [1.82, 2.24) is 4.90 Å². The van der Waals surface area contributed by atoms with Crippen LogP contribution in [0.1, 0.15) is 35.2 Å². The Bertz CT molecular complexity index is 950. The van der Waals surface area contributed by atoms with Crippen LogP contribution in [0.3, 0.4) is 0 Å². The number of likely N-dealkylation sites (N-methyl/N-ethyl adjacent to an activating group) is 1. The Kier molecular flexibility index (Phi) is 7.77. The van der Waals surface area contributed by atoms with Crippen molar-refractivity contribution in [3.05, 3.63) is 29.3 Å². The number of halogens is 3. The van der Waals surface area contributed by atoms with Crippen LogP contribution in [-0.4, -0.2) is 61.5 Å². The molecule has 0 saturated carbocycles. The van der Waals surface area contributed by atoms with Gasteiger partial charge in [0.2, 0.25) is 5.91 Å². The molecule has 0 saturated heterocycles. The number of carbonyl (C=O) groups excluding carboxylic acids is 4. The Hall–Kier alpha value is -3.39. The second kappa shape index (κ2) is 10.1. The van der Waals surface area contributed by atoms with E-state index in [0.29, 0.717) is 24.2 Å². The van der Waals surface area contributed by atoms with E-state index in [1.807, 2.05) is 0 Å². The van der Waals surface area contributed by atoms with E-state index < -0.39 is 49.4 Å². The first-order valence-electron chi connectivity index (χ1n) is 9.25. The molecule has 2 N–H and O–H groups in total. The predicted molar refractivity (Wildman–Crippen MR) is 103 cm³/mol. The van der Waals surface area contributed by atoms with Crippen molar-refractivity contribution in [3.8, 4) is 11.8 Å². The number of hydrogen-bond acceptors (Lipinski definition) is 6. The smallest absolute Gasteiger partial charge is 0.386 e. The highest BCUT2D eigenvalue weighted by molar-refractivity contribution is 6.09. The third-order valence-electron chi connectivity index (χ3n) is 4.34. The van der Waals surface area contributed by atoms with Crippen LogP contribution >= 0.6 is 0 Å². The van der Waals surface area contributed by atoms with Gasteiger partial charge < -0.3 is 20.3 Å². The van der Waals surface area contributed by atoms with Crippen LogP contribution in [0, 0.1) is 11.8 Å². The minimum absolute atomic E-state index is 0.152. The van der Waals surface area contributed by atoms with Gasteiger partial charge in [-0.25, -0.2) is 4.79 Å². The SMILES string of the molecule is CN1C(=O)CN(CCC(=O)OC(=O)C(F)(F)F)C(=O)c2cc(C#CCCCN)ccc21. The topological polar surface area (TPSA) is 110 Å². The number of fused-ring (bicyclic) bond motifs is 1. The number of amides is 2. The number of esters is 2. The number of alkyl halides is 3. The zero-order chi connectivity index (χ0) is 23.2. The van der Waals surface area contributed by atoms with Crippen LogP contribution in [0.2, 0.25) is 0 Å². The molecule has 0 aromatic heterocycles. The Balaban J connectivity index is 2.18. The Morgan fingerprint density at radius 3 is 2.61 bits per heavy atom. The molecule has 1 aromatic carbocycles. The number of nitrogens with zero attached hydrogens (tertiary/aromatic N) is 2. The summed E-state index contributed by atoms with van der Waals surface area (Å²) in [6.45, 7) is -0.313. The van der Waals surface area contributed by atoms with Gasteiger partial charge in [0.05, 0.1) is 17.7 Å². The maximum Gasteiger partial charge on any atom is 0.491 e. The van der Waals surface area contributed by atoms with Crippen molar-refractivity contribution in [2.45, 2.75) is 25.4 Å². The van der Waals surface area contributed by atoms with Gasteiger partial charge in [-0.3, -0.25) is 14.4 Å². The maximum atomic E-state index is 12.9. The van der Waals surface area contributed by atoms with Crippen LogP contribution < -0.4 is 10.6 Å². The molecule has 11 heteroatoms. The number of hydrogen-bond donors (Lipinski definition) is 1. The van der Waals surface area contributed by atoms with Crippen LogP contribution in [0.4, 0.5) is 18.9 Å². The number of nitrogens with two attached hydrogens (primary N) is 1. The van der Waals surface area contributed by atoms with Crippen molar-refractivity contribution >= 4 is 29.4 Å². The minimum atomic E-state index is -5.31. The molecule has 2 amide bonds. The highest BCUT2D eigenvalue weighted by Gasteiger charge is 2.42. The lowest BCUT2D eigenvalue weighted by atomic mass is 10.1. The van der Waals surface area contributed by atoms with Crippen molar-refractivity contribution < 1.29 is 37.1 Å². The molecule has 1 aliphatic heterocycles. The number of benzene rings is 1. The monoisotopic (exact) mass is 439 g/mol. The van der Waals surface area contributed by atoms with Crippen molar-refractivity contribution in [1.29, 1.82) is 0 Å². The van der Waals surface area contributed by atoms with E-state index in [1.165, 1.54) is 18.0 Å². The summed E-state index contributed by atoms with van der Waals surface area (Å²) in [7, 11) is 1.47. The lowest BCUT2D eigenvalue weighted by Crippen LogP contribution is -2.39. The molecule has 31 heavy (non-hydrogen) atoms. The number of anilines is 1.